The van der Waals surface area contributed by atoms with Crippen LogP contribution in [0.5, 0.6) is 0 Å². The van der Waals surface area contributed by atoms with Gasteiger partial charge in [-0.2, -0.15) is 0 Å². The van der Waals surface area contributed by atoms with Crippen LogP contribution in [0.2, 0.25) is 5.02 Å². The zero-order chi connectivity index (χ0) is 12.5. The highest BCUT2D eigenvalue weighted by Gasteiger charge is 2.33. The predicted molar refractivity (Wildman–Crippen MR) is 64.6 cm³/mol. The number of nitrogens with one attached hydrogen (secondary N) is 1. The Labute approximate surface area is 104 Å². The summed E-state index contributed by atoms with van der Waals surface area (Å²) >= 11 is 5.75. The van der Waals surface area contributed by atoms with Crippen molar-refractivity contribution in [2.45, 2.75) is 6.42 Å². The minimum atomic E-state index is -3.05. The van der Waals surface area contributed by atoms with E-state index in [1.807, 2.05) is 0 Å². The Morgan fingerprint density at radius 1 is 1.53 bits per heavy atom. The molecule has 0 bridgehead atoms. The molecule has 1 aromatic heterocycles. The van der Waals surface area contributed by atoms with Crippen LogP contribution in [-0.4, -0.2) is 30.8 Å². The van der Waals surface area contributed by atoms with Crippen molar-refractivity contribution in [2.24, 2.45) is 5.92 Å². The van der Waals surface area contributed by atoms with E-state index in [0.717, 1.165) is 0 Å². The fourth-order valence-electron chi connectivity index (χ4n) is 1.70. The van der Waals surface area contributed by atoms with Gasteiger partial charge >= 0.3 is 0 Å². The van der Waals surface area contributed by atoms with E-state index < -0.39 is 15.8 Å². The van der Waals surface area contributed by atoms with E-state index >= 15 is 0 Å². The van der Waals surface area contributed by atoms with Gasteiger partial charge in [-0.25, -0.2) is 13.4 Å². The molecule has 0 spiro atoms. The van der Waals surface area contributed by atoms with E-state index in [1.165, 1.54) is 12.3 Å². The first-order valence-electron chi connectivity index (χ1n) is 5.09. The van der Waals surface area contributed by atoms with Crippen molar-refractivity contribution in [2.75, 3.05) is 16.8 Å². The van der Waals surface area contributed by atoms with Gasteiger partial charge in [0.1, 0.15) is 5.82 Å². The summed E-state index contributed by atoms with van der Waals surface area (Å²) in [4.78, 5) is 15.7. The Hall–Kier alpha value is -1.14. The second kappa shape index (κ2) is 4.62. The molecule has 0 aromatic carbocycles. The van der Waals surface area contributed by atoms with Crippen molar-refractivity contribution in [3.63, 3.8) is 0 Å². The van der Waals surface area contributed by atoms with Crippen LogP contribution in [0, 0.1) is 5.92 Å². The lowest BCUT2D eigenvalue weighted by molar-refractivity contribution is -0.119. The first kappa shape index (κ1) is 12.3. The van der Waals surface area contributed by atoms with E-state index in [4.69, 9.17) is 11.6 Å². The van der Waals surface area contributed by atoms with Crippen molar-refractivity contribution in [1.29, 1.82) is 0 Å². The van der Waals surface area contributed by atoms with Crippen molar-refractivity contribution < 1.29 is 13.2 Å². The van der Waals surface area contributed by atoms with E-state index in [-0.39, 0.29) is 17.4 Å². The lowest BCUT2D eigenvalue weighted by atomic mass is 10.1. The van der Waals surface area contributed by atoms with Crippen LogP contribution in [0.25, 0.3) is 0 Å². The maximum atomic E-state index is 11.8. The third-order valence-corrected chi connectivity index (χ3v) is 4.58. The second-order valence-electron chi connectivity index (χ2n) is 3.95. The van der Waals surface area contributed by atoms with Gasteiger partial charge in [0.15, 0.2) is 9.84 Å². The zero-order valence-electron chi connectivity index (χ0n) is 8.89. The molecule has 2 heterocycles. The number of amides is 1. The molecule has 7 heteroatoms. The Morgan fingerprint density at radius 2 is 2.29 bits per heavy atom. The topological polar surface area (TPSA) is 76.1 Å². The fourth-order valence-corrected chi connectivity index (χ4v) is 3.60. The molecule has 17 heavy (non-hydrogen) atoms. The summed E-state index contributed by atoms with van der Waals surface area (Å²) in [7, 11) is -3.05. The molecule has 1 aliphatic rings. The average molecular weight is 275 g/mol. The summed E-state index contributed by atoms with van der Waals surface area (Å²) in [5.41, 5.74) is 0. The molecule has 1 N–H and O–H groups in total. The summed E-state index contributed by atoms with van der Waals surface area (Å²) in [6.07, 6.45) is 1.85. The van der Waals surface area contributed by atoms with E-state index in [0.29, 0.717) is 17.3 Å². The van der Waals surface area contributed by atoms with Crippen LogP contribution >= 0.6 is 11.6 Å². The maximum absolute atomic E-state index is 11.8. The molecule has 1 unspecified atom stereocenters. The van der Waals surface area contributed by atoms with Gasteiger partial charge in [-0.05, 0) is 18.6 Å². The smallest absolute Gasteiger partial charge is 0.229 e. The highest BCUT2D eigenvalue weighted by molar-refractivity contribution is 7.91. The number of aromatic nitrogens is 1. The summed E-state index contributed by atoms with van der Waals surface area (Å²) in [6.45, 7) is 0. The monoisotopic (exact) mass is 274 g/mol. The van der Waals surface area contributed by atoms with Crippen molar-refractivity contribution >= 4 is 33.2 Å². The lowest BCUT2D eigenvalue weighted by Gasteiger charge is -2.08. The highest BCUT2D eigenvalue weighted by atomic mass is 35.5. The first-order chi connectivity index (χ1) is 7.96. The third kappa shape index (κ3) is 3.17. The van der Waals surface area contributed by atoms with Crippen LogP contribution < -0.4 is 5.32 Å². The number of anilines is 1. The van der Waals surface area contributed by atoms with Gasteiger partial charge < -0.3 is 5.32 Å². The van der Waals surface area contributed by atoms with Gasteiger partial charge in [-0.15, -0.1) is 0 Å². The Kier molecular flexibility index (Phi) is 3.35. The molecule has 1 amide bonds. The summed E-state index contributed by atoms with van der Waals surface area (Å²) in [5, 5.41) is 3.03. The molecule has 1 aromatic rings. The Bertz CT molecular complexity index is 544. The average Bonchev–Trinajstić information content (AvgIpc) is 2.59. The van der Waals surface area contributed by atoms with Crippen molar-refractivity contribution in [3.05, 3.63) is 23.4 Å². The van der Waals surface area contributed by atoms with Gasteiger partial charge in [0.2, 0.25) is 5.91 Å². The molecule has 92 valence electrons. The molecule has 1 atom stereocenters. The molecule has 1 fully saturated rings. The largest absolute Gasteiger partial charge is 0.310 e. The van der Waals surface area contributed by atoms with Gasteiger partial charge in [0.25, 0.3) is 0 Å². The summed E-state index contributed by atoms with van der Waals surface area (Å²) < 4.78 is 22.5. The normalized spacial score (nSPS) is 22.3. The number of carbonyl (C=O) groups is 1. The SMILES string of the molecule is O=C(Nc1cc(Cl)ccn1)C1CCS(=O)(=O)C1. The minimum Gasteiger partial charge on any atom is -0.310 e. The van der Waals surface area contributed by atoms with Crippen LogP contribution in [0.3, 0.4) is 0 Å². The lowest BCUT2D eigenvalue weighted by Crippen LogP contribution is -2.24. The zero-order valence-corrected chi connectivity index (χ0v) is 10.5. The van der Waals surface area contributed by atoms with E-state index in [2.05, 4.69) is 10.3 Å². The molecular formula is C10H11ClN2O3S. The van der Waals surface area contributed by atoms with Crippen LogP contribution in [0.4, 0.5) is 5.82 Å². The van der Waals surface area contributed by atoms with Crippen molar-refractivity contribution in [3.8, 4) is 0 Å². The summed E-state index contributed by atoms with van der Waals surface area (Å²) in [6, 6.07) is 3.11. The quantitative estimate of drug-likeness (QED) is 0.876. The molecule has 1 aliphatic heterocycles. The number of nitrogens with zero attached hydrogens (tertiary/aromatic N) is 1. The minimum absolute atomic E-state index is 0.0774. The number of rotatable bonds is 2. The number of hydrogen-bond acceptors (Lipinski definition) is 4. The van der Waals surface area contributed by atoms with Crippen LogP contribution in [0.15, 0.2) is 18.3 Å². The number of sulfone groups is 1. The highest BCUT2D eigenvalue weighted by Crippen LogP contribution is 2.20. The number of hydrogen-bond donors (Lipinski definition) is 1. The molecular weight excluding hydrogens is 264 g/mol. The standard InChI is InChI=1S/C10H11ClN2O3S/c11-8-1-3-12-9(5-8)13-10(14)7-2-4-17(15,16)6-7/h1,3,5,7H,2,4,6H2,(H,12,13,14). The molecule has 0 radical (unpaired) electrons. The number of pyridine rings is 1. The first-order valence-corrected chi connectivity index (χ1v) is 7.29. The molecule has 0 saturated carbocycles. The predicted octanol–water partition coefficient (Wildman–Crippen LogP) is 1.11. The Balaban J connectivity index is 2.03. The maximum Gasteiger partial charge on any atom is 0.229 e. The van der Waals surface area contributed by atoms with Crippen LogP contribution in [0.1, 0.15) is 6.42 Å². The van der Waals surface area contributed by atoms with Gasteiger partial charge in [0.05, 0.1) is 17.4 Å². The van der Waals surface area contributed by atoms with Gasteiger partial charge in [0, 0.05) is 11.2 Å². The second-order valence-corrected chi connectivity index (χ2v) is 6.61. The van der Waals surface area contributed by atoms with Gasteiger partial charge in [-0.3, -0.25) is 4.79 Å². The number of halogens is 1. The fraction of sp³-hybridized carbons (Fsp3) is 0.400. The van der Waals surface area contributed by atoms with Gasteiger partial charge in [-0.1, -0.05) is 11.6 Å². The summed E-state index contributed by atoms with van der Waals surface area (Å²) in [5.74, 6) is -0.471. The van der Waals surface area contributed by atoms with E-state index in [9.17, 15) is 13.2 Å². The molecule has 1 saturated heterocycles. The molecule has 2 rings (SSSR count). The van der Waals surface area contributed by atoms with Crippen molar-refractivity contribution in [1.82, 2.24) is 4.98 Å². The number of carbonyl (C=O) groups excluding carboxylic acids is 1. The van der Waals surface area contributed by atoms with Crippen LogP contribution in [-0.2, 0) is 14.6 Å². The molecule has 5 nitrogen and oxygen atoms in total. The molecule has 0 aliphatic carbocycles. The Morgan fingerprint density at radius 3 is 2.88 bits per heavy atom. The third-order valence-electron chi connectivity index (χ3n) is 2.58. The van der Waals surface area contributed by atoms with E-state index in [1.54, 1.807) is 6.07 Å².